The second kappa shape index (κ2) is 11.8. The first-order chi connectivity index (χ1) is 15.3. The molecule has 0 heterocycles. The predicted molar refractivity (Wildman–Crippen MR) is 134 cm³/mol. The summed E-state index contributed by atoms with van der Waals surface area (Å²) >= 11 is 6.96. The Morgan fingerprint density at radius 3 is 2.56 bits per heavy atom. The van der Waals surface area contributed by atoms with Crippen LogP contribution in [0, 0.1) is 6.92 Å². The molecule has 0 radical (unpaired) electrons. The fourth-order valence-corrected chi connectivity index (χ4v) is 4.61. The zero-order chi connectivity index (χ0) is 23.1. The van der Waals surface area contributed by atoms with Gasteiger partial charge in [-0.25, -0.2) is 0 Å². The van der Waals surface area contributed by atoms with Crippen molar-refractivity contribution in [2.45, 2.75) is 64.6 Å². The lowest BCUT2D eigenvalue weighted by Gasteiger charge is -2.31. The summed E-state index contributed by atoms with van der Waals surface area (Å²) in [5.41, 5.74) is 1.98. The summed E-state index contributed by atoms with van der Waals surface area (Å²) < 4.78 is 7.69. The van der Waals surface area contributed by atoms with Crippen molar-refractivity contribution in [2.75, 3.05) is 6.61 Å². The first-order valence-corrected chi connectivity index (χ1v) is 12.7. The Morgan fingerprint density at radius 2 is 1.88 bits per heavy atom. The van der Waals surface area contributed by atoms with Crippen LogP contribution in [-0.4, -0.2) is 35.4 Å². The van der Waals surface area contributed by atoms with E-state index in [-0.39, 0.29) is 24.5 Å². The van der Waals surface area contributed by atoms with Crippen molar-refractivity contribution in [2.24, 2.45) is 0 Å². The number of hydrogen-bond acceptors (Lipinski definition) is 3. The number of nitrogens with one attached hydrogen (secondary N) is 1. The van der Waals surface area contributed by atoms with Gasteiger partial charge in [0.1, 0.15) is 11.8 Å². The topological polar surface area (TPSA) is 58.6 Å². The molecule has 5 nitrogen and oxygen atoms in total. The molecule has 1 saturated carbocycles. The number of nitrogens with zero attached hydrogens (tertiary/aromatic N) is 1. The molecule has 7 heteroatoms. The van der Waals surface area contributed by atoms with E-state index < -0.39 is 6.04 Å². The van der Waals surface area contributed by atoms with Crippen molar-refractivity contribution in [1.29, 1.82) is 0 Å². The van der Waals surface area contributed by atoms with Crippen LogP contribution in [0.5, 0.6) is 5.75 Å². The molecule has 1 unspecified atom stereocenters. The van der Waals surface area contributed by atoms with Crippen molar-refractivity contribution >= 4 is 43.7 Å². The zero-order valence-electron chi connectivity index (χ0n) is 18.6. The molecule has 2 aromatic carbocycles. The van der Waals surface area contributed by atoms with Gasteiger partial charge in [0.15, 0.2) is 6.61 Å². The molecule has 0 saturated heterocycles. The lowest BCUT2D eigenvalue weighted by molar-refractivity contribution is -0.142. The van der Waals surface area contributed by atoms with E-state index in [4.69, 9.17) is 4.74 Å². The summed E-state index contributed by atoms with van der Waals surface area (Å²) in [5.74, 6) is 0.289. The molecule has 1 aliphatic rings. The summed E-state index contributed by atoms with van der Waals surface area (Å²) in [4.78, 5) is 27.8. The van der Waals surface area contributed by atoms with Gasteiger partial charge < -0.3 is 15.0 Å². The van der Waals surface area contributed by atoms with Gasteiger partial charge in [0.2, 0.25) is 5.91 Å². The summed E-state index contributed by atoms with van der Waals surface area (Å²) in [5, 5.41) is 3.15. The third kappa shape index (κ3) is 7.07. The van der Waals surface area contributed by atoms with Gasteiger partial charge in [-0.15, -0.1) is 0 Å². The zero-order valence-corrected chi connectivity index (χ0v) is 21.7. The maximum absolute atomic E-state index is 13.2. The van der Waals surface area contributed by atoms with E-state index in [1.165, 1.54) is 6.42 Å². The van der Waals surface area contributed by atoms with Gasteiger partial charge in [0.05, 0.1) is 0 Å². The minimum atomic E-state index is -0.598. The Morgan fingerprint density at radius 1 is 1.12 bits per heavy atom. The molecule has 2 amide bonds. The predicted octanol–water partition coefficient (Wildman–Crippen LogP) is 5.77. The van der Waals surface area contributed by atoms with Crippen molar-refractivity contribution in [3.05, 3.63) is 62.5 Å². The van der Waals surface area contributed by atoms with Crippen LogP contribution in [0.4, 0.5) is 0 Å². The molecule has 0 spiro atoms. The molecule has 0 aliphatic heterocycles. The van der Waals surface area contributed by atoms with Crippen LogP contribution >= 0.6 is 31.9 Å². The van der Waals surface area contributed by atoms with Crippen LogP contribution in [0.25, 0.3) is 0 Å². The van der Waals surface area contributed by atoms with E-state index >= 15 is 0 Å². The average molecular weight is 566 g/mol. The number of rotatable bonds is 8. The molecular formula is C25H30Br2N2O3. The minimum absolute atomic E-state index is 0.111. The molecular weight excluding hydrogens is 536 g/mol. The molecule has 1 atom stereocenters. The van der Waals surface area contributed by atoms with E-state index in [0.29, 0.717) is 12.3 Å². The summed E-state index contributed by atoms with van der Waals surface area (Å²) in [6.45, 7) is 3.96. The molecule has 1 fully saturated rings. The number of aryl methyl sites for hydroxylation is 1. The second-order valence-electron chi connectivity index (χ2n) is 8.37. The number of carbonyl (C=O) groups excluding carboxylic acids is 2. The first-order valence-electron chi connectivity index (χ1n) is 11.1. The van der Waals surface area contributed by atoms with E-state index in [2.05, 4.69) is 37.2 Å². The number of amides is 2. The summed E-state index contributed by atoms with van der Waals surface area (Å²) in [6.07, 6.45) is 5.51. The van der Waals surface area contributed by atoms with Crippen LogP contribution < -0.4 is 10.1 Å². The Kier molecular flexibility index (Phi) is 9.17. The van der Waals surface area contributed by atoms with Crippen LogP contribution in [-0.2, 0) is 16.1 Å². The van der Waals surface area contributed by atoms with E-state index in [0.717, 1.165) is 45.8 Å². The maximum atomic E-state index is 13.2. The Hall–Kier alpha value is -1.86. The van der Waals surface area contributed by atoms with Crippen molar-refractivity contribution < 1.29 is 14.3 Å². The summed E-state index contributed by atoms with van der Waals surface area (Å²) in [7, 11) is 0. The number of halogens is 2. The Bertz CT molecular complexity index is 945. The average Bonchev–Trinajstić information content (AvgIpc) is 2.78. The standard InChI is InChI=1S/C25H30Br2N2O3/c1-17-13-22(11-12-23(17)27)32-16-24(30)29(15-19-7-6-8-20(26)14-19)18(2)25(31)28-21-9-4-3-5-10-21/h6-8,11-14,18,21H,3-5,9-10,15-16H2,1-2H3,(H,28,31). The van der Waals surface area contributed by atoms with Crippen molar-refractivity contribution in [3.63, 3.8) is 0 Å². The van der Waals surface area contributed by atoms with Crippen LogP contribution in [0.2, 0.25) is 0 Å². The molecule has 32 heavy (non-hydrogen) atoms. The molecule has 172 valence electrons. The normalized spacial score (nSPS) is 15.1. The number of carbonyl (C=O) groups is 2. The largest absolute Gasteiger partial charge is 0.484 e. The highest BCUT2D eigenvalue weighted by atomic mass is 79.9. The maximum Gasteiger partial charge on any atom is 0.261 e. The molecule has 0 aromatic heterocycles. The quantitative estimate of drug-likeness (QED) is 0.442. The minimum Gasteiger partial charge on any atom is -0.484 e. The molecule has 1 aliphatic carbocycles. The van der Waals surface area contributed by atoms with Gasteiger partial charge in [-0.3, -0.25) is 9.59 Å². The highest BCUT2D eigenvalue weighted by Crippen LogP contribution is 2.22. The Labute approximate surface area is 207 Å². The van der Waals surface area contributed by atoms with E-state index in [1.807, 2.05) is 49.4 Å². The van der Waals surface area contributed by atoms with Crippen LogP contribution in [0.1, 0.15) is 50.2 Å². The molecule has 2 aromatic rings. The lowest BCUT2D eigenvalue weighted by Crippen LogP contribution is -2.51. The number of hydrogen-bond donors (Lipinski definition) is 1. The fourth-order valence-electron chi connectivity index (χ4n) is 3.92. The lowest BCUT2D eigenvalue weighted by atomic mass is 9.95. The molecule has 3 rings (SSSR count). The van der Waals surface area contributed by atoms with Gasteiger partial charge in [0, 0.05) is 21.5 Å². The summed E-state index contributed by atoms with van der Waals surface area (Å²) in [6, 6.07) is 13.0. The fraction of sp³-hybridized carbons (Fsp3) is 0.440. The smallest absolute Gasteiger partial charge is 0.261 e. The highest BCUT2D eigenvalue weighted by molar-refractivity contribution is 9.10. The molecule has 1 N–H and O–H groups in total. The first kappa shape index (κ1) is 24.8. The third-order valence-electron chi connectivity index (χ3n) is 5.85. The van der Waals surface area contributed by atoms with Crippen molar-refractivity contribution in [3.8, 4) is 5.75 Å². The number of ether oxygens (including phenoxy) is 1. The van der Waals surface area contributed by atoms with Gasteiger partial charge in [-0.1, -0.05) is 63.3 Å². The molecule has 0 bridgehead atoms. The van der Waals surface area contributed by atoms with Crippen LogP contribution in [0.15, 0.2) is 51.4 Å². The third-order valence-corrected chi connectivity index (χ3v) is 7.24. The SMILES string of the molecule is Cc1cc(OCC(=O)N(Cc2cccc(Br)c2)C(C)C(=O)NC2CCCCC2)ccc1Br. The van der Waals surface area contributed by atoms with Gasteiger partial charge in [-0.2, -0.15) is 0 Å². The Balaban J connectivity index is 1.71. The van der Waals surface area contributed by atoms with Crippen LogP contribution in [0.3, 0.4) is 0 Å². The highest BCUT2D eigenvalue weighted by Gasteiger charge is 2.28. The van der Waals surface area contributed by atoms with E-state index in [1.54, 1.807) is 11.8 Å². The second-order valence-corrected chi connectivity index (χ2v) is 10.1. The van der Waals surface area contributed by atoms with Gasteiger partial charge in [-0.05, 0) is 68.1 Å². The van der Waals surface area contributed by atoms with Gasteiger partial charge in [0.25, 0.3) is 5.91 Å². The van der Waals surface area contributed by atoms with Gasteiger partial charge >= 0.3 is 0 Å². The number of benzene rings is 2. The van der Waals surface area contributed by atoms with Crippen molar-refractivity contribution in [1.82, 2.24) is 10.2 Å². The monoisotopic (exact) mass is 564 g/mol. The van der Waals surface area contributed by atoms with E-state index in [9.17, 15) is 9.59 Å².